The third-order valence-electron chi connectivity index (χ3n) is 2.97. The minimum absolute atomic E-state index is 0.196. The quantitative estimate of drug-likeness (QED) is 0.754. The Kier molecular flexibility index (Phi) is 3.03. The van der Waals surface area contributed by atoms with Gasteiger partial charge >= 0.3 is 0 Å². The van der Waals surface area contributed by atoms with Crippen LogP contribution in [-0.4, -0.2) is 38.8 Å². The Labute approximate surface area is 107 Å². The zero-order valence-corrected chi connectivity index (χ0v) is 10.3. The van der Waals surface area contributed by atoms with E-state index in [0.717, 1.165) is 42.4 Å². The van der Waals surface area contributed by atoms with Crippen molar-refractivity contribution >= 4 is 23.1 Å². The van der Waals surface area contributed by atoms with Gasteiger partial charge in [-0.15, -0.1) is 5.10 Å². The van der Waals surface area contributed by atoms with E-state index < -0.39 is 0 Å². The van der Waals surface area contributed by atoms with Gasteiger partial charge in [-0.25, -0.2) is 0 Å². The molecule has 1 unspecified atom stereocenters. The molecule has 0 radical (unpaired) electrons. The lowest BCUT2D eigenvalue weighted by Gasteiger charge is -2.09. The monoisotopic (exact) mass is 264 g/mol. The number of carbonyl (C=O) groups is 1. The summed E-state index contributed by atoms with van der Waals surface area (Å²) in [7, 11) is 0. The van der Waals surface area contributed by atoms with Crippen LogP contribution in [0, 0.1) is 0 Å². The Morgan fingerprint density at radius 3 is 3.17 bits per heavy atom. The second-order valence-electron chi connectivity index (χ2n) is 4.12. The largest absolute Gasteiger partial charge is 0.318 e. The van der Waals surface area contributed by atoms with Crippen LogP contribution in [-0.2, 0) is 0 Å². The Balaban J connectivity index is 1.77. The lowest BCUT2D eigenvalue weighted by atomic mass is 10.0. The number of anilines is 1. The molecular weight excluding hydrogens is 252 g/mol. The van der Waals surface area contributed by atoms with Gasteiger partial charge in [0, 0.05) is 12.5 Å². The predicted octanol–water partition coefficient (Wildman–Crippen LogP) is 0.590. The number of aromatic amines is 1. The molecule has 18 heavy (non-hydrogen) atoms. The van der Waals surface area contributed by atoms with Crippen molar-refractivity contribution in [1.29, 1.82) is 0 Å². The Morgan fingerprint density at radius 1 is 1.50 bits per heavy atom. The molecule has 3 N–H and O–H groups in total. The fourth-order valence-corrected chi connectivity index (χ4v) is 2.47. The maximum atomic E-state index is 11.9. The number of nitrogens with zero attached hydrogens (tertiary/aromatic N) is 3. The summed E-state index contributed by atoms with van der Waals surface area (Å²) in [4.78, 5) is 12.4. The summed E-state index contributed by atoms with van der Waals surface area (Å²) in [5.74, 6) is 0.181. The van der Waals surface area contributed by atoms with Crippen molar-refractivity contribution in [3.8, 4) is 0 Å². The van der Waals surface area contributed by atoms with Gasteiger partial charge in [0.05, 0.1) is 23.8 Å². The van der Waals surface area contributed by atoms with Crippen LogP contribution in [0.5, 0.6) is 0 Å². The lowest BCUT2D eigenvalue weighted by molar-refractivity contribution is 0.103. The zero-order chi connectivity index (χ0) is 12.4. The standard InChI is InChI=1S/C10H12N6OS/c17-10(8-5-13-16-18-8)14-7-4-12-15-9(7)6-1-2-11-3-6/h4-6,11H,1-3H2,(H,12,15)(H,14,17). The van der Waals surface area contributed by atoms with E-state index in [1.165, 1.54) is 6.20 Å². The highest BCUT2D eigenvalue weighted by Crippen LogP contribution is 2.27. The summed E-state index contributed by atoms with van der Waals surface area (Å²) >= 11 is 1.07. The fourth-order valence-electron chi connectivity index (χ4n) is 2.06. The van der Waals surface area contributed by atoms with Crippen molar-refractivity contribution in [1.82, 2.24) is 25.1 Å². The van der Waals surface area contributed by atoms with Crippen molar-refractivity contribution in [2.45, 2.75) is 12.3 Å². The number of aromatic nitrogens is 4. The third-order valence-corrected chi connectivity index (χ3v) is 3.63. The van der Waals surface area contributed by atoms with Gasteiger partial charge in [-0.05, 0) is 24.5 Å². The Hall–Kier alpha value is -1.80. The molecule has 0 aromatic carbocycles. The molecule has 0 spiro atoms. The topological polar surface area (TPSA) is 95.6 Å². The van der Waals surface area contributed by atoms with Gasteiger partial charge in [-0.3, -0.25) is 9.89 Å². The van der Waals surface area contributed by atoms with Gasteiger partial charge in [-0.2, -0.15) is 5.10 Å². The van der Waals surface area contributed by atoms with Crippen molar-refractivity contribution in [2.75, 3.05) is 18.4 Å². The van der Waals surface area contributed by atoms with Crippen LogP contribution in [0.1, 0.15) is 27.7 Å². The molecule has 2 aromatic heterocycles. The van der Waals surface area contributed by atoms with Crippen molar-refractivity contribution in [3.05, 3.63) is 23.0 Å². The summed E-state index contributed by atoms with van der Waals surface area (Å²) in [6.45, 7) is 1.91. The second-order valence-corrected chi connectivity index (χ2v) is 4.91. The number of hydrogen-bond donors (Lipinski definition) is 3. The smallest absolute Gasteiger partial charge is 0.269 e. The Morgan fingerprint density at radius 2 is 2.44 bits per heavy atom. The highest BCUT2D eigenvalue weighted by atomic mass is 32.1. The minimum Gasteiger partial charge on any atom is -0.318 e. The number of rotatable bonds is 3. The van der Waals surface area contributed by atoms with E-state index in [1.54, 1.807) is 6.20 Å². The molecule has 3 rings (SSSR count). The number of amides is 1. The molecule has 1 amide bonds. The van der Waals surface area contributed by atoms with Crippen LogP contribution in [0.3, 0.4) is 0 Å². The van der Waals surface area contributed by atoms with Crippen LogP contribution < -0.4 is 10.6 Å². The number of carbonyl (C=O) groups excluding carboxylic acids is 1. The molecule has 1 fully saturated rings. The molecule has 1 aliphatic rings. The maximum absolute atomic E-state index is 11.9. The molecule has 1 atom stereocenters. The van der Waals surface area contributed by atoms with Gasteiger partial charge in [-0.1, -0.05) is 4.49 Å². The van der Waals surface area contributed by atoms with E-state index in [-0.39, 0.29) is 5.91 Å². The first-order chi connectivity index (χ1) is 8.84. The second kappa shape index (κ2) is 4.83. The summed E-state index contributed by atoms with van der Waals surface area (Å²) in [6.07, 6.45) is 4.14. The normalized spacial score (nSPS) is 19.0. The van der Waals surface area contributed by atoms with Crippen LogP contribution >= 0.6 is 11.5 Å². The summed E-state index contributed by atoms with van der Waals surface area (Å²) in [6, 6.07) is 0. The van der Waals surface area contributed by atoms with Gasteiger partial charge in [0.15, 0.2) is 0 Å². The van der Waals surface area contributed by atoms with E-state index >= 15 is 0 Å². The molecule has 2 aromatic rings. The van der Waals surface area contributed by atoms with Gasteiger partial charge in [0.25, 0.3) is 5.91 Å². The SMILES string of the molecule is O=C(Nc1cn[nH]c1C1CCNC1)c1cnns1. The van der Waals surface area contributed by atoms with E-state index in [0.29, 0.717) is 10.8 Å². The summed E-state index contributed by atoms with van der Waals surface area (Å²) in [5.41, 5.74) is 1.72. The molecule has 7 nitrogen and oxygen atoms in total. The average Bonchev–Trinajstić information content (AvgIpc) is 3.11. The molecule has 1 saturated heterocycles. The Bertz CT molecular complexity index is 530. The molecule has 1 aliphatic heterocycles. The number of nitrogens with one attached hydrogen (secondary N) is 3. The van der Waals surface area contributed by atoms with E-state index in [4.69, 9.17) is 0 Å². The van der Waals surface area contributed by atoms with E-state index in [2.05, 4.69) is 30.4 Å². The molecule has 0 bridgehead atoms. The minimum atomic E-state index is -0.196. The first kappa shape index (κ1) is 11.3. The van der Waals surface area contributed by atoms with Crippen molar-refractivity contribution in [3.63, 3.8) is 0 Å². The molecular formula is C10H12N6OS. The molecule has 94 valence electrons. The van der Waals surface area contributed by atoms with Crippen LogP contribution in [0.25, 0.3) is 0 Å². The first-order valence-corrected chi connectivity index (χ1v) is 6.44. The zero-order valence-electron chi connectivity index (χ0n) is 9.51. The van der Waals surface area contributed by atoms with Crippen LogP contribution in [0.4, 0.5) is 5.69 Å². The molecule has 3 heterocycles. The number of H-pyrrole nitrogens is 1. The van der Waals surface area contributed by atoms with Gasteiger partial charge in [0.2, 0.25) is 0 Å². The highest BCUT2D eigenvalue weighted by Gasteiger charge is 2.22. The van der Waals surface area contributed by atoms with Crippen LogP contribution in [0.2, 0.25) is 0 Å². The van der Waals surface area contributed by atoms with Gasteiger partial charge in [0.1, 0.15) is 4.88 Å². The van der Waals surface area contributed by atoms with Crippen molar-refractivity contribution < 1.29 is 4.79 Å². The molecule has 8 heteroatoms. The van der Waals surface area contributed by atoms with E-state index in [9.17, 15) is 4.79 Å². The lowest BCUT2D eigenvalue weighted by Crippen LogP contribution is -2.13. The van der Waals surface area contributed by atoms with Gasteiger partial charge < -0.3 is 10.6 Å². The first-order valence-electron chi connectivity index (χ1n) is 5.67. The molecule has 0 aliphatic carbocycles. The fraction of sp³-hybridized carbons (Fsp3) is 0.400. The third kappa shape index (κ3) is 2.12. The van der Waals surface area contributed by atoms with E-state index in [1.807, 2.05) is 0 Å². The highest BCUT2D eigenvalue weighted by molar-refractivity contribution is 7.07. The molecule has 0 saturated carbocycles. The summed E-state index contributed by atoms with van der Waals surface area (Å²) < 4.78 is 3.67. The van der Waals surface area contributed by atoms with Crippen LogP contribution in [0.15, 0.2) is 12.4 Å². The number of hydrogen-bond acceptors (Lipinski definition) is 6. The average molecular weight is 264 g/mol. The van der Waals surface area contributed by atoms with Crippen molar-refractivity contribution in [2.24, 2.45) is 0 Å². The predicted molar refractivity (Wildman–Crippen MR) is 66.7 cm³/mol. The summed E-state index contributed by atoms with van der Waals surface area (Å²) in [5, 5.41) is 16.7. The maximum Gasteiger partial charge on any atom is 0.269 e.